The molecule has 0 aliphatic heterocycles. The molecule has 0 saturated heterocycles. The van der Waals surface area contributed by atoms with Crippen molar-refractivity contribution in [2.24, 2.45) is 0 Å². The second kappa shape index (κ2) is 4.29. The van der Waals surface area contributed by atoms with E-state index in [9.17, 15) is 0 Å². The first kappa shape index (κ1) is 11.2. The summed E-state index contributed by atoms with van der Waals surface area (Å²) in [5.41, 5.74) is 13.8. The Balaban J connectivity index is 2.34. The van der Waals surface area contributed by atoms with Crippen molar-refractivity contribution >= 4 is 11.5 Å². The minimum absolute atomic E-state index is 0.222. The Hall–Kier alpha value is -2.30. The van der Waals surface area contributed by atoms with E-state index >= 15 is 0 Å². The van der Waals surface area contributed by atoms with Crippen molar-refractivity contribution in [2.75, 3.05) is 11.5 Å². The van der Waals surface area contributed by atoms with Gasteiger partial charge in [0.05, 0.1) is 0 Å². The molecule has 0 aliphatic carbocycles. The molecule has 0 saturated carbocycles. The zero-order chi connectivity index (χ0) is 12.4. The average molecular weight is 230 g/mol. The van der Waals surface area contributed by atoms with Gasteiger partial charge in [-0.05, 0) is 37.1 Å². The molecule has 0 spiro atoms. The first-order chi connectivity index (χ1) is 8.06. The van der Waals surface area contributed by atoms with Gasteiger partial charge in [-0.15, -0.1) is 0 Å². The van der Waals surface area contributed by atoms with Crippen LogP contribution in [0.15, 0.2) is 24.5 Å². The summed E-state index contributed by atoms with van der Waals surface area (Å²) in [5, 5.41) is 0. The highest BCUT2D eigenvalue weighted by Gasteiger charge is 2.08. The summed E-state index contributed by atoms with van der Waals surface area (Å²) in [4.78, 5) is 7.73. The van der Waals surface area contributed by atoms with Gasteiger partial charge in [-0.3, -0.25) is 0 Å². The zero-order valence-corrected chi connectivity index (χ0v) is 9.77. The number of nitrogens with two attached hydrogens (primary N) is 2. The first-order valence-corrected chi connectivity index (χ1v) is 5.18. The molecule has 0 atom stereocenters. The van der Waals surface area contributed by atoms with Crippen LogP contribution in [0.5, 0.6) is 11.6 Å². The summed E-state index contributed by atoms with van der Waals surface area (Å²) >= 11 is 0. The van der Waals surface area contributed by atoms with Gasteiger partial charge in [-0.25, -0.2) is 4.98 Å². The summed E-state index contributed by atoms with van der Waals surface area (Å²) in [5.74, 6) is 1.19. The lowest BCUT2D eigenvalue weighted by molar-refractivity contribution is 0.464. The molecule has 5 heteroatoms. The van der Waals surface area contributed by atoms with Crippen LogP contribution >= 0.6 is 0 Å². The fourth-order valence-electron chi connectivity index (χ4n) is 1.58. The fourth-order valence-corrected chi connectivity index (χ4v) is 1.58. The SMILES string of the molecule is Cc1cc(C)cc(Oc2ncnc(N)c2N)c1. The standard InChI is InChI=1S/C12H14N4O/c1-7-3-8(2)5-9(4-7)17-12-10(13)11(14)15-6-16-12/h3-6H,13H2,1-2H3,(H2,14,15,16). The number of rotatable bonds is 2. The predicted molar refractivity (Wildman–Crippen MR) is 66.8 cm³/mol. The normalized spacial score (nSPS) is 10.2. The van der Waals surface area contributed by atoms with Crippen LogP contribution < -0.4 is 16.2 Å². The molecule has 0 bridgehead atoms. The number of hydrogen-bond acceptors (Lipinski definition) is 5. The molecule has 5 nitrogen and oxygen atoms in total. The van der Waals surface area contributed by atoms with Crippen molar-refractivity contribution in [3.05, 3.63) is 35.7 Å². The highest BCUT2D eigenvalue weighted by atomic mass is 16.5. The monoisotopic (exact) mass is 230 g/mol. The summed E-state index contributed by atoms with van der Waals surface area (Å²) < 4.78 is 5.60. The Bertz CT molecular complexity index is 534. The minimum Gasteiger partial charge on any atom is -0.437 e. The van der Waals surface area contributed by atoms with Crippen molar-refractivity contribution < 1.29 is 4.74 Å². The molecule has 2 aromatic rings. The quantitative estimate of drug-likeness (QED) is 0.824. The number of ether oxygens (including phenoxy) is 1. The van der Waals surface area contributed by atoms with E-state index in [4.69, 9.17) is 16.2 Å². The van der Waals surface area contributed by atoms with Crippen LogP contribution in [0.2, 0.25) is 0 Å². The third-order valence-corrected chi connectivity index (χ3v) is 2.29. The average Bonchev–Trinajstić information content (AvgIpc) is 2.23. The van der Waals surface area contributed by atoms with E-state index in [2.05, 4.69) is 16.0 Å². The van der Waals surface area contributed by atoms with Gasteiger partial charge in [0.15, 0.2) is 5.82 Å². The maximum Gasteiger partial charge on any atom is 0.248 e. The van der Waals surface area contributed by atoms with E-state index in [0.29, 0.717) is 5.75 Å². The summed E-state index contributed by atoms with van der Waals surface area (Å²) in [6.07, 6.45) is 1.32. The molecule has 4 N–H and O–H groups in total. The van der Waals surface area contributed by atoms with Crippen LogP contribution in [-0.4, -0.2) is 9.97 Å². The molecule has 0 amide bonds. The van der Waals surface area contributed by atoms with Gasteiger partial charge in [0.2, 0.25) is 5.88 Å². The van der Waals surface area contributed by atoms with Crippen molar-refractivity contribution in [3.63, 3.8) is 0 Å². The molecule has 0 radical (unpaired) electrons. The Kier molecular flexibility index (Phi) is 2.82. The summed E-state index contributed by atoms with van der Waals surface area (Å²) in [7, 11) is 0. The van der Waals surface area contributed by atoms with Gasteiger partial charge in [0.1, 0.15) is 17.8 Å². The van der Waals surface area contributed by atoms with Crippen LogP contribution in [0, 0.1) is 13.8 Å². The third-order valence-electron chi connectivity index (χ3n) is 2.29. The number of nitrogens with zero attached hydrogens (tertiary/aromatic N) is 2. The second-order valence-corrected chi connectivity index (χ2v) is 3.90. The predicted octanol–water partition coefficient (Wildman–Crippen LogP) is 2.05. The van der Waals surface area contributed by atoms with Gasteiger partial charge >= 0.3 is 0 Å². The number of aryl methyl sites for hydroxylation is 2. The molecular formula is C12H14N4O. The molecule has 0 unspecified atom stereocenters. The van der Waals surface area contributed by atoms with E-state index in [1.54, 1.807) is 0 Å². The molecule has 17 heavy (non-hydrogen) atoms. The molecular weight excluding hydrogens is 216 g/mol. The Morgan fingerprint density at radius 2 is 1.65 bits per heavy atom. The van der Waals surface area contributed by atoms with Gasteiger partial charge in [0, 0.05) is 0 Å². The Labute approximate surface area is 99.5 Å². The van der Waals surface area contributed by atoms with Gasteiger partial charge in [-0.2, -0.15) is 4.98 Å². The maximum absolute atomic E-state index is 5.73. The third kappa shape index (κ3) is 2.44. The van der Waals surface area contributed by atoms with E-state index in [1.807, 2.05) is 26.0 Å². The lowest BCUT2D eigenvalue weighted by Gasteiger charge is -2.09. The first-order valence-electron chi connectivity index (χ1n) is 5.18. The van der Waals surface area contributed by atoms with Crippen molar-refractivity contribution in [2.45, 2.75) is 13.8 Å². The van der Waals surface area contributed by atoms with Crippen LogP contribution in [0.25, 0.3) is 0 Å². The topological polar surface area (TPSA) is 87.0 Å². The molecule has 1 heterocycles. The highest BCUT2D eigenvalue weighted by Crippen LogP contribution is 2.28. The molecule has 1 aromatic heterocycles. The maximum atomic E-state index is 5.73. The lowest BCUT2D eigenvalue weighted by Crippen LogP contribution is -2.02. The van der Waals surface area contributed by atoms with E-state index < -0.39 is 0 Å². The second-order valence-electron chi connectivity index (χ2n) is 3.90. The Morgan fingerprint density at radius 3 is 2.29 bits per heavy atom. The summed E-state index contributed by atoms with van der Waals surface area (Å²) in [6.45, 7) is 4.00. The number of anilines is 2. The number of nitrogen functional groups attached to an aromatic ring is 2. The van der Waals surface area contributed by atoms with Gasteiger partial charge in [0.25, 0.3) is 0 Å². The van der Waals surface area contributed by atoms with Crippen molar-refractivity contribution in [1.82, 2.24) is 9.97 Å². The van der Waals surface area contributed by atoms with Crippen molar-refractivity contribution in [1.29, 1.82) is 0 Å². The number of aromatic nitrogens is 2. The largest absolute Gasteiger partial charge is 0.437 e. The van der Waals surface area contributed by atoms with Crippen LogP contribution in [0.4, 0.5) is 11.5 Å². The molecule has 1 aromatic carbocycles. The molecule has 0 fully saturated rings. The molecule has 88 valence electrons. The van der Waals surface area contributed by atoms with Crippen LogP contribution in [-0.2, 0) is 0 Å². The summed E-state index contributed by atoms with van der Waals surface area (Å²) in [6, 6.07) is 5.88. The highest BCUT2D eigenvalue weighted by molar-refractivity contribution is 5.64. The molecule has 0 aliphatic rings. The number of hydrogen-bond donors (Lipinski definition) is 2. The van der Waals surface area contributed by atoms with E-state index in [-0.39, 0.29) is 17.4 Å². The van der Waals surface area contributed by atoms with E-state index in [0.717, 1.165) is 11.1 Å². The van der Waals surface area contributed by atoms with Crippen LogP contribution in [0.1, 0.15) is 11.1 Å². The zero-order valence-electron chi connectivity index (χ0n) is 9.77. The number of benzene rings is 1. The minimum atomic E-state index is 0.222. The smallest absolute Gasteiger partial charge is 0.248 e. The van der Waals surface area contributed by atoms with E-state index in [1.165, 1.54) is 6.33 Å². The van der Waals surface area contributed by atoms with Gasteiger partial charge in [-0.1, -0.05) is 6.07 Å². The van der Waals surface area contributed by atoms with Gasteiger partial charge < -0.3 is 16.2 Å². The fraction of sp³-hybridized carbons (Fsp3) is 0.167. The Morgan fingerprint density at radius 1 is 1.00 bits per heavy atom. The lowest BCUT2D eigenvalue weighted by atomic mass is 10.1. The molecule has 2 rings (SSSR count). The van der Waals surface area contributed by atoms with Crippen LogP contribution in [0.3, 0.4) is 0 Å². The van der Waals surface area contributed by atoms with Crippen molar-refractivity contribution in [3.8, 4) is 11.6 Å².